The molecule has 3 aliphatic heterocycles. The Kier molecular flexibility index (Phi) is 14.5. The number of imide groups is 2. The van der Waals surface area contributed by atoms with Crippen molar-refractivity contribution in [3.8, 4) is 11.5 Å². The highest BCUT2D eigenvalue weighted by Crippen LogP contribution is 2.33. The SMILES string of the molecule is CCOc1cc(O)c(C(=O)/C=C/c2ccc(NCCOCCOCCNc3cccc4c3C(=O)N(C3CCC(=O)NC3=O)C4=O)cc2Cl)cc1CN1CCN(C)CC1. The number of carbonyl (C=O) groups excluding carboxylic acids is 5. The van der Waals surface area contributed by atoms with Crippen molar-refractivity contribution in [3.63, 3.8) is 0 Å². The zero-order valence-electron chi connectivity index (χ0n) is 32.7. The summed E-state index contributed by atoms with van der Waals surface area (Å²) in [6.07, 6.45) is 3.19. The van der Waals surface area contributed by atoms with Crippen molar-refractivity contribution < 1.29 is 43.3 Å². The molecule has 3 aromatic carbocycles. The van der Waals surface area contributed by atoms with Gasteiger partial charge in [-0.1, -0.05) is 23.7 Å². The van der Waals surface area contributed by atoms with E-state index in [4.69, 9.17) is 25.8 Å². The van der Waals surface area contributed by atoms with E-state index in [0.717, 1.165) is 42.3 Å². The summed E-state index contributed by atoms with van der Waals surface area (Å²) in [5, 5.41) is 19.8. The van der Waals surface area contributed by atoms with E-state index in [2.05, 4.69) is 32.8 Å². The number of ketones is 1. The molecule has 15 nitrogen and oxygen atoms in total. The Bertz CT molecular complexity index is 2050. The van der Waals surface area contributed by atoms with Gasteiger partial charge in [0.1, 0.15) is 17.5 Å². The van der Waals surface area contributed by atoms with Gasteiger partial charge in [0, 0.05) is 80.3 Å². The van der Waals surface area contributed by atoms with Gasteiger partial charge in [0.2, 0.25) is 11.8 Å². The zero-order valence-corrected chi connectivity index (χ0v) is 33.4. The lowest BCUT2D eigenvalue weighted by Crippen LogP contribution is -2.54. The van der Waals surface area contributed by atoms with Gasteiger partial charge in [-0.25, -0.2) is 0 Å². The molecule has 6 rings (SSSR count). The fraction of sp³-hybridized carbons (Fsp3) is 0.405. The van der Waals surface area contributed by atoms with Crippen LogP contribution in [0.2, 0.25) is 5.02 Å². The number of hydrogen-bond acceptors (Lipinski definition) is 13. The number of allylic oxidation sites excluding steroid dienone is 1. The van der Waals surface area contributed by atoms with E-state index in [0.29, 0.717) is 74.7 Å². The van der Waals surface area contributed by atoms with Crippen LogP contribution in [0.5, 0.6) is 11.5 Å². The van der Waals surface area contributed by atoms with Crippen molar-refractivity contribution in [1.29, 1.82) is 0 Å². The Morgan fingerprint density at radius 2 is 1.69 bits per heavy atom. The molecule has 308 valence electrons. The summed E-state index contributed by atoms with van der Waals surface area (Å²) >= 11 is 6.55. The number of nitrogens with zero attached hydrogens (tertiary/aromatic N) is 3. The lowest BCUT2D eigenvalue weighted by Gasteiger charge is -2.32. The molecule has 3 aromatic rings. The number of nitrogens with one attached hydrogen (secondary N) is 3. The summed E-state index contributed by atoms with van der Waals surface area (Å²) in [5.41, 5.74) is 3.36. The van der Waals surface area contributed by atoms with Gasteiger partial charge < -0.3 is 34.9 Å². The molecule has 0 aromatic heterocycles. The highest BCUT2D eigenvalue weighted by Gasteiger charge is 2.45. The van der Waals surface area contributed by atoms with Crippen LogP contribution in [0.3, 0.4) is 0 Å². The van der Waals surface area contributed by atoms with Gasteiger partial charge >= 0.3 is 0 Å². The normalized spacial score (nSPS) is 17.5. The van der Waals surface area contributed by atoms with E-state index in [9.17, 15) is 29.1 Å². The van der Waals surface area contributed by atoms with Crippen LogP contribution in [0.4, 0.5) is 11.4 Å². The van der Waals surface area contributed by atoms with Crippen LogP contribution >= 0.6 is 11.6 Å². The number of phenols is 1. The van der Waals surface area contributed by atoms with Crippen LogP contribution in [-0.4, -0.2) is 135 Å². The second kappa shape index (κ2) is 19.9. The molecule has 2 saturated heterocycles. The zero-order chi connectivity index (χ0) is 41.2. The number of fused-ring (bicyclic) bond motifs is 1. The van der Waals surface area contributed by atoms with Crippen molar-refractivity contribution >= 4 is 58.5 Å². The van der Waals surface area contributed by atoms with Gasteiger partial charge in [-0.05, 0) is 68.4 Å². The Morgan fingerprint density at radius 1 is 0.948 bits per heavy atom. The molecule has 1 atom stereocenters. The number of anilines is 2. The molecule has 4 N–H and O–H groups in total. The van der Waals surface area contributed by atoms with Crippen molar-refractivity contribution in [2.75, 3.05) is 90.0 Å². The smallest absolute Gasteiger partial charge is 0.264 e. The molecule has 58 heavy (non-hydrogen) atoms. The molecule has 4 amide bonds. The molecule has 2 fully saturated rings. The molecule has 0 radical (unpaired) electrons. The Hall–Kier alpha value is -5.32. The maximum absolute atomic E-state index is 13.2. The second-order valence-corrected chi connectivity index (χ2v) is 14.6. The third-order valence-corrected chi connectivity index (χ3v) is 10.5. The summed E-state index contributed by atoms with van der Waals surface area (Å²) in [5.74, 6) is -2.11. The quantitative estimate of drug-likeness (QED) is 0.0590. The number of halogens is 1. The molecular weight excluding hydrogens is 768 g/mol. The molecule has 0 bridgehead atoms. The van der Waals surface area contributed by atoms with E-state index < -0.39 is 29.7 Å². The first-order valence-electron chi connectivity index (χ1n) is 19.4. The maximum atomic E-state index is 13.2. The van der Waals surface area contributed by atoms with E-state index in [1.807, 2.05) is 13.0 Å². The van der Waals surface area contributed by atoms with Gasteiger partial charge in [-0.3, -0.25) is 39.1 Å². The number of carbonyl (C=O) groups is 5. The number of hydrogen-bond donors (Lipinski definition) is 4. The minimum atomic E-state index is -1.03. The van der Waals surface area contributed by atoms with E-state index in [1.165, 1.54) is 12.1 Å². The number of rotatable bonds is 19. The first kappa shape index (κ1) is 42.3. The summed E-state index contributed by atoms with van der Waals surface area (Å²) in [4.78, 5) is 68.9. The van der Waals surface area contributed by atoms with Gasteiger partial charge in [0.15, 0.2) is 5.78 Å². The Balaban J connectivity index is 0.893. The number of amides is 4. The summed E-state index contributed by atoms with van der Waals surface area (Å²) in [6, 6.07) is 12.5. The largest absolute Gasteiger partial charge is 0.507 e. The molecule has 1 unspecified atom stereocenters. The van der Waals surface area contributed by atoms with Crippen molar-refractivity contribution in [1.82, 2.24) is 20.0 Å². The van der Waals surface area contributed by atoms with Gasteiger partial charge in [0.05, 0.1) is 49.7 Å². The maximum Gasteiger partial charge on any atom is 0.264 e. The molecule has 0 saturated carbocycles. The average Bonchev–Trinajstić information content (AvgIpc) is 3.46. The first-order chi connectivity index (χ1) is 28.0. The summed E-state index contributed by atoms with van der Waals surface area (Å²) in [6.45, 7) is 9.00. The van der Waals surface area contributed by atoms with Gasteiger partial charge in [0.25, 0.3) is 11.8 Å². The topological polar surface area (TPSA) is 179 Å². The summed E-state index contributed by atoms with van der Waals surface area (Å²) in [7, 11) is 2.10. The lowest BCUT2D eigenvalue weighted by molar-refractivity contribution is -0.136. The monoisotopic (exact) mass is 816 g/mol. The predicted octanol–water partition coefficient (Wildman–Crippen LogP) is 4.05. The lowest BCUT2D eigenvalue weighted by atomic mass is 10.0. The number of ether oxygens (including phenoxy) is 3. The fourth-order valence-corrected chi connectivity index (χ4v) is 7.25. The minimum Gasteiger partial charge on any atom is -0.507 e. The highest BCUT2D eigenvalue weighted by atomic mass is 35.5. The number of piperidine rings is 1. The van der Waals surface area contributed by atoms with Gasteiger partial charge in [-0.15, -0.1) is 0 Å². The standard InChI is InChI=1S/C42H49ClN6O9/c1-3-58-37-25-36(51)31(23-28(37)26-48-17-15-47(2)16-18-48)35(50)11-8-27-7-9-29(24-32(27)43)44-13-19-56-21-22-57-20-14-45-33-6-4-5-30-39(33)42(55)49(41(30)54)34-10-12-38(52)46-40(34)53/h4-9,11,23-25,34,44-45,51H,3,10,12-22,26H2,1-2H3,(H,46,52,53)/b11-8+. The number of aromatic hydroxyl groups is 1. The van der Waals surface area contributed by atoms with Crippen LogP contribution in [0.25, 0.3) is 6.08 Å². The molecule has 3 heterocycles. The van der Waals surface area contributed by atoms with Crippen LogP contribution in [-0.2, 0) is 25.6 Å². The van der Waals surface area contributed by atoms with Crippen LogP contribution < -0.4 is 20.7 Å². The average molecular weight is 817 g/mol. The fourth-order valence-electron chi connectivity index (χ4n) is 7.01. The van der Waals surface area contributed by atoms with Crippen molar-refractivity contribution in [2.24, 2.45) is 0 Å². The van der Waals surface area contributed by atoms with E-state index in [1.54, 1.807) is 42.5 Å². The Labute approximate surface area is 342 Å². The van der Waals surface area contributed by atoms with E-state index in [-0.39, 0.29) is 41.1 Å². The van der Waals surface area contributed by atoms with Crippen molar-refractivity contribution in [3.05, 3.63) is 87.4 Å². The van der Waals surface area contributed by atoms with E-state index >= 15 is 0 Å². The number of phenolic OH excluding ortho intramolecular Hbond substituents is 1. The van der Waals surface area contributed by atoms with Crippen LogP contribution in [0.15, 0.2) is 54.6 Å². The third kappa shape index (κ3) is 10.4. The highest BCUT2D eigenvalue weighted by molar-refractivity contribution is 6.32. The number of benzene rings is 3. The summed E-state index contributed by atoms with van der Waals surface area (Å²) < 4.78 is 17.1. The Morgan fingerprint density at radius 3 is 2.40 bits per heavy atom. The number of piperazine rings is 1. The molecule has 3 aliphatic rings. The molecular formula is C42H49ClN6O9. The number of likely N-dealkylation sites (N-methyl/N-ethyl adjacent to an activating group) is 1. The third-order valence-electron chi connectivity index (χ3n) is 10.1. The minimum absolute atomic E-state index is 0.0545. The molecule has 0 spiro atoms. The van der Waals surface area contributed by atoms with Crippen LogP contribution in [0.1, 0.15) is 62.0 Å². The first-order valence-corrected chi connectivity index (χ1v) is 19.8. The predicted molar refractivity (Wildman–Crippen MR) is 219 cm³/mol. The molecule has 0 aliphatic carbocycles. The van der Waals surface area contributed by atoms with Crippen LogP contribution in [0, 0.1) is 0 Å². The van der Waals surface area contributed by atoms with Crippen molar-refractivity contribution in [2.45, 2.75) is 32.4 Å². The molecule has 16 heteroatoms. The van der Waals surface area contributed by atoms with Gasteiger partial charge in [-0.2, -0.15) is 0 Å². The second-order valence-electron chi connectivity index (χ2n) is 14.2.